The summed E-state index contributed by atoms with van der Waals surface area (Å²) in [5, 5.41) is 14.6. The fourth-order valence-electron chi connectivity index (χ4n) is 2.31. The fourth-order valence-corrected chi connectivity index (χ4v) is 3.43. The molecule has 2 rings (SSSR count). The number of allylic oxidation sites excluding steroid dienone is 1. The van der Waals surface area contributed by atoms with Crippen molar-refractivity contribution >= 4 is 33.9 Å². The zero-order chi connectivity index (χ0) is 21.4. The summed E-state index contributed by atoms with van der Waals surface area (Å²) in [6.07, 6.45) is 4.14. The molecule has 0 aliphatic carbocycles. The maximum absolute atomic E-state index is 12.4. The Labute approximate surface area is 168 Å². The van der Waals surface area contributed by atoms with E-state index < -0.39 is 27.4 Å². The van der Waals surface area contributed by atoms with Gasteiger partial charge in [-0.1, -0.05) is 29.8 Å². The second-order valence-corrected chi connectivity index (χ2v) is 8.11. The van der Waals surface area contributed by atoms with Gasteiger partial charge in [0.05, 0.1) is 21.9 Å². The lowest BCUT2D eigenvalue weighted by Crippen LogP contribution is -2.36. The van der Waals surface area contributed by atoms with Crippen molar-refractivity contribution < 1.29 is 18.1 Å². The molecule has 1 amide bonds. The maximum atomic E-state index is 12.4. The summed E-state index contributed by atoms with van der Waals surface area (Å²) in [7, 11) is -2.49. The highest BCUT2D eigenvalue weighted by Crippen LogP contribution is 2.18. The van der Waals surface area contributed by atoms with Crippen LogP contribution in [0.1, 0.15) is 11.1 Å². The zero-order valence-electron chi connectivity index (χ0n) is 15.8. The number of aryl methyl sites for hydroxylation is 1. The Morgan fingerprint density at radius 2 is 1.86 bits per heavy atom. The van der Waals surface area contributed by atoms with E-state index in [0.29, 0.717) is 5.56 Å². The van der Waals surface area contributed by atoms with Gasteiger partial charge in [-0.15, -0.1) is 0 Å². The summed E-state index contributed by atoms with van der Waals surface area (Å²) in [6.45, 7) is 1.43. The van der Waals surface area contributed by atoms with E-state index >= 15 is 0 Å². The number of sulfonamides is 1. The number of carbonyl (C=O) groups excluding carboxylic acids is 1. The molecule has 2 aromatic carbocycles. The minimum atomic E-state index is -3.79. The molecule has 0 bridgehead atoms. The molecule has 29 heavy (non-hydrogen) atoms. The summed E-state index contributed by atoms with van der Waals surface area (Å²) in [6, 6.07) is 12.5. The lowest BCUT2D eigenvalue weighted by molar-refractivity contribution is -0.385. The van der Waals surface area contributed by atoms with Crippen LogP contribution >= 0.6 is 0 Å². The Bertz CT molecular complexity index is 1050. The first-order valence-electron chi connectivity index (χ1n) is 8.47. The molecule has 0 atom stereocenters. The monoisotopic (exact) mass is 416 g/mol. The number of likely N-dealkylation sites (N-methyl/N-ethyl adjacent to an activating group) is 1. The third-order valence-electron chi connectivity index (χ3n) is 3.85. The van der Waals surface area contributed by atoms with Gasteiger partial charge in [0.25, 0.3) is 11.6 Å². The summed E-state index contributed by atoms with van der Waals surface area (Å²) in [5.41, 5.74) is 3.47. The topological polar surface area (TPSA) is 122 Å². The molecule has 0 aromatic heterocycles. The molecule has 0 radical (unpaired) electrons. The van der Waals surface area contributed by atoms with E-state index in [-0.39, 0.29) is 10.6 Å². The van der Waals surface area contributed by atoms with Crippen LogP contribution in [0.2, 0.25) is 0 Å². The van der Waals surface area contributed by atoms with Crippen LogP contribution in [0, 0.1) is 17.0 Å². The minimum Gasteiger partial charge on any atom is -0.272 e. The number of hydrogen-bond acceptors (Lipinski definition) is 6. The van der Waals surface area contributed by atoms with Gasteiger partial charge in [0.2, 0.25) is 10.0 Å². The van der Waals surface area contributed by atoms with E-state index in [1.54, 1.807) is 30.3 Å². The Balaban J connectivity index is 1.92. The number of nitro benzene ring substituents is 1. The predicted octanol–water partition coefficient (Wildman–Crippen LogP) is 2.34. The summed E-state index contributed by atoms with van der Waals surface area (Å²) < 4.78 is 25.8. The summed E-state index contributed by atoms with van der Waals surface area (Å²) >= 11 is 0. The molecule has 0 fully saturated rings. The molecule has 0 aliphatic heterocycles. The largest absolute Gasteiger partial charge is 0.276 e. The Morgan fingerprint density at radius 3 is 2.52 bits per heavy atom. The number of nitrogens with zero attached hydrogens (tertiary/aromatic N) is 3. The molecule has 0 aliphatic rings. The molecular formula is C19H20N4O5S. The average molecular weight is 416 g/mol. The lowest BCUT2D eigenvalue weighted by Gasteiger charge is -2.16. The van der Waals surface area contributed by atoms with Crippen molar-refractivity contribution in [2.75, 3.05) is 13.6 Å². The smallest absolute Gasteiger partial charge is 0.272 e. The van der Waals surface area contributed by atoms with Crippen molar-refractivity contribution in [2.45, 2.75) is 11.8 Å². The van der Waals surface area contributed by atoms with Crippen LogP contribution in [0.5, 0.6) is 0 Å². The molecular weight excluding hydrogens is 396 g/mol. The number of para-hydroxylation sites is 1. The Kier molecular flexibility index (Phi) is 7.34. The molecule has 0 saturated heterocycles. The van der Waals surface area contributed by atoms with Crippen LogP contribution in [0.15, 0.2) is 64.6 Å². The number of carbonyl (C=O) groups is 1. The van der Waals surface area contributed by atoms with Crippen molar-refractivity contribution in [3.05, 3.63) is 75.8 Å². The highest BCUT2D eigenvalue weighted by molar-refractivity contribution is 7.89. The van der Waals surface area contributed by atoms with Crippen molar-refractivity contribution in [1.82, 2.24) is 9.73 Å². The molecule has 9 nitrogen and oxygen atoms in total. The molecule has 0 spiro atoms. The maximum Gasteiger partial charge on any atom is 0.276 e. The second-order valence-electron chi connectivity index (χ2n) is 6.06. The summed E-state index contributed by atoms with van der Waals surface area (Å²) in [4.78, 5) is 22.4. The van der Waals surface area contributed by atoms with Crippen LogP contribution in [-0.2, 0) is 14.8 Å². The molecule has 10 heteroatoms. The second kappa shape index (κ2) is 9.71. The first-order valence-corrected chi connectivity index (χ1v) is 9.91. The van der Waals surface area contributed by atoms with Crippen LogP contribution in [0.3, 0.4) is 0 Å². The van der Waals surface area contributed by atoms with Gasteiger partial charge in [0, 0.05) is 19.3 Å². The predicted molar refractivity (Wildman–Crippen MR) is 110 cm³/mol. The zero-order valence-corrected chi connectivity index (χ0v) is 16.7. The first-order chi connectivity index (χ1) is 13.7. The van der Waals surface area contributed by atoms with E-state index in [0.717, 1.165) is 9.87 Å². The number of nitro groups is 1. The number of hydrazone groups is 1. The standard InChI is InChI=1S/C19H20N4O5S/c1-15-9-11-17(12-10-15)29(27,28)22(2)14-19(24)21-20-13-5-7-16-6-3-4-8-18(16)23(25)26/h3-13H,14H2,1-2H3,(H,21,24)/b7-5+,20-13+. The fraction of sp³-hybridized carbons (Fsp3) is 0.158. The normalized spacial score (nSPS) is 12.0. The number of rotatable bonds is 8. The average Bonchev–Trinajstić information content (AvgIpc) is 2.68. The van der Waals surface area contributed by atoms with Crippen LogP contribution in [0.25, 0.3) is 6.08 Å². The number of hydrogen-bond donors (Lipinski definition) is 1. The van der Waals surface area contributed by atoms with E-state index in [4.69, 9.17) is 0 Å². The number of benzene rings is 2. The number of amides is 1. The summed E-state index contributed by atoms with van der Waals surface area (Å²) in [5.74, 6) is -0.626. The lowest BCUT2D eigenvalue weighted by atomic mass is 10.2. The van der Waals surface area contributed by atoms with Crippen molar-refractivity contribution in [3.63, 3.8) is 0 Å². The van der Waals surface area contributed by atoms with Crippen molar-refractivity contribution in [3.8, 4) is 0 Å². The number of nitrogens with one attached hydrogen (secondary N) is 1. The van der Waals surface area contributed by atoms with Gasteiger partial charge >= 0.3 is 0 Å². The van der Waals surface area contributed by atoms with Crippen LogP contribution < -0.4 is 5.43 Å². The van der Waals surface area contributed by atoms with Gasteiger partial charge in [-0.2, -0.15) is 9.41 Å². The van der Waals surface area contributed by atoms with E-state index in [1.165, 1.54) is 43.6 Å². The van der Waals surface area contributed by atoms with Crippen molar-refractivity contribution in [1.29, 1.82) is 0 Å². The van der Waals surface area contributed by atoms with E-state index in [2.05, 4.69) is 10.5 Å². The first kappa shape index (κ1) is 21.9. The Hall–Kier alpha value is -3.37. The van der Waals surface area contributed by atoms with Gasteiger partial charge in [-0.05, 0) is 37.3 Å². The molecule has 0 unspecified atom stereocenters. The minimum absolute atomic E-state index is 0.0517. The quantitative estimate of drug-likeness (QED) is 0.402. The van der Waals surface area contributed by atoms with Crippen LogP contribution in [0.4, 0.5) is 5.69 Å². The van der Waals surface area contributed by atoms with E-state index in [9.17, 15) is 23.3 Å². The van der Waals surface area contributed by atoms with Gasteiger partial charge in [0.1, 0.15) is 0 Å². The highest BCUT2D eigenvalue weighted by Gasteiger charge is 2.22. The van der Waals surface area contributed by atoms with Crippen LogP contribution in [-0.4, -0.2) is 43.4 Å². The van der Waals surface area contributed by atoms with Gasteiger partial charge in [-0.3, -0.25) is 14.9 Å². The van der Waals surface area contributed by atoms with Crippen molar-refractivity contribution in [2.24, 2.45) is 5.10 Å². The van der Waals surface area contributed by atoms with Gasteiger partial charge in [0.15, 0.2) is 0 Å². The molecule has 2 aromatic rings. The molecule has 0 heterocycles. The molecule has 152 valence electrons. The third-order valence-corrected chi connectivity index (χ3v) is 5.67. The molecule has 1 N–H and O–H groups in total. The Morgan fingerprint density at radius 1 is 1.21 bits per heavy atom. The van der Waals surface area contributed by atoms with Gasteiger partial charge < -0.3 is 0 Å². The highest BCUT2D eigenvalue weighted by atomic mass is 32.2. The SMILES string of the molecule is Cc1ccc(S(=O)(=O)N(C)CC(=O)N/N=C/C=C/c2ccccc2[N+](=O)[O-])cc1. The third kappa shape index (κ3) is 6.06. The van der Waals surface area contributed by atoms with E-state index in [1.807, 2.05) is 6.92 Å². The van der Waals surface area contributed by atoms with Gasteiger partial charge in [-0.25, -0.2) is 13.8 Å². The molecule has 0 saturated carbocycles.